The molecule has 7 N–H and O–H groups in total. The summed E-state index contributed by atoms with van der Waals surface area (Å²) in [5, 5.41) is 21.6. The van der Waals surface area contributed by atoms with Crippen molar-refractivity contribution in [2.75, 3.05) is 5.32 Å². The number of aliphatic carboxylic acids is 1. The molecule has 0 spiro atoms. The molecule has 1 amide bonds. The molecule has 0 aliphatic heterocycles. The van der Waals surface area contributed by atoms with E-state index in [-0.39, 0.29) is 22.9 Å². The Morgan fingerprint density at radius 3 is 2.38 bits per heavy atom. The van der Waals surface area contributed by atoms with Gasteiger partial charge in [-0.1, -0.05) is 67.9 Å². The van der Waals surface area contributed by atoms with Crippen molar-refractivity contribution >= 4 is 42.9 Å². The fraction of sp³-hybridized carbons (Fsp3) is 0.286. The summed E-state index contributed by atoms with van der Waals surface area (Å²) in [7, 11) is -4.79. The summed E-state index contributed by atoms with van der Waals surface area (Å²) >= 11 is 6.23. The molecule has 0 heterocycles. The molecule has 2 aromatic rings. The predicted octanol–water partition coefficient (Wildman–Crippen LogP) is 3.88. The number of guanidine groups is 1. The molecule has 0 aliphatic rings. The summed E-state index contributed by atoms with van der Waals surface area (Å²) in [6.07, 6.45) is -2.93. The Morgan fingerprint density at radius 1 is 1.18 bits per heavy atom. The van der Waals surface area contributed by atoms with Crippen LogP contribution in [0.4, 0.5) is 10.5 Å². The molecule has 0 fully saturated rings. The van der Waals surface area contributed by atoms with Gasteiger partial charge in [-0.15, -0.1) is 0 Å². The lowest BCUT2D eigenvalue weighted by Crippen LogP contribution is -2.39. The maximum Gasteiger partial charge on any atom is 0.408 e. The second-order valence-electron chi connectivity index (χ2n) is 7.53. The van der Waals surface area contributed by atoms with Crippen molar-refractivity contribution in [3.05, 3.63) is 64.7 Å². The van der Waals surface area contributed by atoms with E-state index in [0.29, 0.717) is 5.56 Å². The lowest BCUT2D eigenvalue weighted by Gasteiger charge is -2.28. The van der Waals surface area contributed by atoms with Gasteiger partial charge < -0.3 is 31.1 Å². The molecule has 0 aromatic heterocycles. The van der Waals surface area contributed by atoms with Gasteiger partial charge in [0.25, 0.3) is 0 Å². The number of hydrogen-bond donors (Lipinski definition) is 6. The highest BCUT2D eigenvalue weighted by Crippen LogP contribution is 2.53. The van der Waals surface area contributed by atoms with E-state index in [9.17, 15) is 24.2 Å². The Balaban J connectivity index is 2.22. The second kappa shape index (κ2) is 11.8. The van der Waals surface area contributed by atoms with Crippen molar-refractivity contribution in [2.24, 2.45) is 11.7 Å². The number of halogens is 1. The number of carbonyl (C=O) groups excluding carboxylic acids is 1. The van der Waals surface area contributed by atoms with E-state index in [0.717, 1.165) is 0 Å². The maximum absolute atomic E-state index is 13.1. The molecule has 2 rings (SSSR count). The minimum absolute atomic E-state index is 0.0720. The van der Waals surface area contributed by atoms with Gasteiger partial charge in [0.05, 0.1) is 10.7 Å². The van der Waals surface area contributed by atoms with E-state index in [4.69, 9.17) is 32.0 Å². The fourth-order valence-corrected chi connectivity index (χ4v) is 4.89. The Kier molecular flexibility index (Phi) is 9.46. The molecular formula is C21H26ClN4O7P. The van der Waals surface area contributed by atoms with Crippen LogP contribution in [0.1, 0.15) is 31.1 Å². The molecule has 0 saturated carbocycles. The Labute approximate surface area is 201 Å². The van der Waals surface area contributed by atoms with E-state index in [2.05, 4.69) is 10.6 Å². The Hall–Kier alpha value is -3.11. The average molecular weight is 513 g/mol. The van der Waals surface area contributed by atoms with E-state index >= 15 is 0 Å². The van der Waals surface area contributed by atoms with Gasteiger partial charge in [-0.3, -0.25) is 14.5 Å². The number of ether oxygens (including phenoxy) is 1. The standard InChI is InChI=1S/C21H26ClN4O7P/c1-12(2)18(26-21(29)32-11-13-7-4-3-5-8-13)34(30,31)33-17(19(27)28)14-9-6-10-15(16(14)22)25-20(23)24/h3-10,12,17-18H,11H2,1-2H3,(H,26,29)(H,27,28)(H,30,31)(H4,23,24,25). The SMILES string of the molecule is CC(C)C(NC(=O)OCc1ccccc1)P(=O)(O)OC(C(=O)O)c1cccc(NC(=N)N)c1Cl. The Morgan fingerprint density at radius 2 is 1.82 bits per heavy atom. The molecule has 3 unspecified atom stereocenters. The van der Waals surface area contributed by atoms with Crippen molar-refractivity contribution in [3.8, 4) is 0 Å². The monoisotopic (exact) mass is 512 g/mol. The third-order valence-corrected chi connectivity index (χ3v) is 6.89. The molecule has 3 atom stereocenters. The number of alkyl carbamates (subject to hydrolysis) is 1. The smallest absolute Gasteiger partial charge is 0.408 e. The number of benzene rings is 2. The van der Waals surface area contributed by atoms with Crippen molar-refractivity contribution in [2.45, 2.75) is 32.3 Å². The molecule has 184 valence electrons. The van der Waals surface area contributed by atoms with Gasteiger partial charge in [-0.05, 0) is 17.5 Å². The third kappa shape index (κ3) is 7.46. The van der Waals surface area contributed by atoms with Gasteiger partial charge in [-0.25, -0.2) is 9.59 Å². The number of hydrogen-bond acceptors (Lipinski definition) is 6. The number of nitrogens with one attached hydrogen (secondary N) is 3. The van der Waals surface area contributed by atoms with Crippen LogP contribution in [0, 0.1) is 11.3 Å². The highest BCUT2D eigenvalue weighted by Gasteiger charge is 2.41. The molecular weight excluding hydrogens is 487 g/mol. The van der Waals surface area contributed by atoms with Crippen LogP contribution >= 0.6 is 19.2 Å². The number of carboxylic acid groups (broad SMARTS) is 1. The maximum atomic E-state index is 13.1. The molecule has 11 nitrogen and oxygen atoms in total. The minimum atomic E-state index is -4.79. The first-order chi connectivity index (χ1) is 15.9. The first kappa shape index (κ1) is 27.1. The number of nitrogens with two attached hydrogens (primary N) is 1. The van der Waals surface area contributed by atoms with Gasteiger partial charge in [0.1, 0.15) is 12.4 Å². The summed E-state index contributed by atoms with van der Waals surface area (Å²) in [5.74, 6) is -4.14. The zero-order valence-corrected chi connectivity index (χ0v) is 20.0. The average Bonchev–Trinajstić information content (AvgIpc) is 2.76. The van der Waals surface area contributed by atoms with Crippen LogP contribution in [0.25, 0.3) is 0 Å². The number of rotatable bonds is 10. The normalized spacial score (nSPS) is 14.5. The van der Waals surface area contributed by atoms with E-state index < -0.39 is 43.4 Å². The van der Waals surface area contributed by atoms with E-state index in [1.165, 1.54) is 18.2 Å². The second-order valence-corrected chi connectivity index (χ2v) is 9.80. The topological polar surface area (TPSA) is 184 Å². The van der Waals surface area contributed by atoms with Gasteiger partial charge in [0, 0.05) is 5.56 Å². The van der Waals surface area contributed by atoms with Crippen molar-refractivity contribution in [3.63, 3.8) is 0 Å². The quantitative estimate of drug-likeness (QED) is 0.156. The minimum Gasteiger partial charge on any atom is -0.479 e. The largest absolute Gasteiger partial charge is 0.479 e. The fourth-order valence-electron chi connectivity index (χ4n) is 2.96. The summed E-state index contributed by atoms with van der Waals surface area (Å²) in [5.41, 5.74) is 5.96. The summed E-state index contributed by atoms with van der Waals surface area (Å²) in [6.45, 7) is 3.03. The van der Waals surface area contributed by atoms with Crippen molar-refractivity contribution < 1.29 is 33.4 Å². The zero-order chi connectivity index (χ0) is 25.5. The Bertz CT molecular complexity index is 1080. The molecule has 0 aliphatic carbocycles. The van der Waals surface area contributed by atoms with Crippen LogP contribution in [-0.2, 0) is 25.2 Å². The van der Waals surface area contributed by atoms with E-state index in [1.54, 1.807) is 44.2 Å². The lowest BCUT2D eigenvalue weighted by molar-refractivity contribution is -0.145. The van der Waals surface area contributed by atoms with Gasteiger partial charge >= 0.3 is 19.7 Å². The van der Waals surface area contributed by atoms with Crippen molar-refractivity contribution in [1.82, 2.24) is 5.32 Å². The number of carbonyl (C=O) groups is 2. The molecule has 13 heteroatoms. The van der Waals surface area contributed by atoms with Crippen LogP contribution < -0.4 is 16.4 Å². The number of carboxylic acids is 1. The predicted molar refractivity (Wildman–Crippen MR) is 127 cm³/mol. The van der Waals surface area contributed by atoms with E-state index in [1.807, 2.05) is 0 Å². The molecule has 2 aromatic carbocycles. The molecule has 0 radical (unpaired) electrons. The number of amides is 1. The first-order valence-electron chi connectivity index (χ1n) is 10.0. The van der Waals surface area contributed by atoms with Gasteiger partial charge in [-0.2, -0.15) is 0 Å². The molecule has 0 saturated heterocycles. The summed E-state index contributed by atoms with van der Waals surface area (Å²) in [6, 6.07) is 12.9. The number of anilines is 1. The van der Waals surface area contributed by atoms with Crippen molar-refractivity contribution in [1.29, 1.82) is 5.41 Å². The van der Waals surface area contributed by atoms with Crippen LogP contribution in [-0.4, -0.2) is 33.8 Å². The molecule has 0 bridgehead atoms. The van der Waals surface area contributed by atoms with Gasteiger partial charge in [0.2, 0.25) is 0 Å². The third-order valence-electron chi connectivity index (χ3n) is 4.52. The van der Waals surface area contributed by atoms with Crippen LogP contribution in [0.3, 0.4) is 0 Å². The highest BCUT2D eigenvalue weighted by molar-refractivity contribution is 7.53. The first-order valence-corrected chi connectivity index (χ1v) is 12.0. The highest BCUT2D eigenvalue weighted by atomic mass is 35.5. The van der Waals surface area contributed by atoms with Crippen LogP contribution in [0.5, 0.6) is 0 Å². The lowest BCUT2D eigenvalue weighted by atomic mass is 10.1. The zero-order valence-electron chi connectivity index (χ0n) is 18.4. The van der Waals surface area contributed by atoms with Crippen LogP contribution in [0.2, 0.25) is 5.02 Å². The summed E-state index contributed by atoms with van der Waals surface area (Å²) < 4.78 is 23.4. The van der Waals surface area contributed by atoms with Gasteiger partial charge in [0.15, 0.2) is 12.1 Å². The summed E-state index contributed by atoms with van der Waals surface area (Å²) in [4.78, 5) is 34.8. The molecule has 34 heavy (non-hydrogen) atoms. The van der Waals surface area contributed by atoms with Crippen LogP contribution in [0.15, 0.2) is 48.5 Å².